The number of methoxy groups -OCH3 is 1. The molecule has 1 heterocycles. The van der Waals surface area contributed by atoms with Crippen LogP contribution in [-0.4, -0.2) is 25.9 Å². The van der Waals surface area contributed by atoms with Crippen LogP contribution in [0.25, 0.3) is 0 Å². The molecule has 0 aliphatic carbocycles. The summed E-state index contributed by atoms with van der Waals surface area (Å²) >= 11 is 0. The van der Waals surface area contributed by atoms with Gasteiger partial charge in [-0.25, -0.2) is 4.79 Å². The Bertz CT molecular complexity index is 431. The first-order chi connectivity index (χ1) is 8.61. The number of carbonyl (C=O) groups excluding carboxylic acids is 1. The van der Waals surface area contributed by atoms with Crippen molar-refractivity contribution < 1.29 is 14.3 Å². The third kappa shape index (κ3) is 2.58. The summed E-state index contributed by atoms with van der Waals surface area (Å²) in [5.41, 5.74) is 0.836. The lowest BCUT2D eigenvalue weighted by Gasteiger charge is -2.23. The van der Waals surface area contributed by atoms with Crippen LogP contribution in [0.1, 0.15) is 20.3 Å². The summed E-state index contributed by atoms with van der Waals surface area (Å²) in [4.78, 5) is 13.6. The fourth-order valence-electron chi connectivity index (χ4n) is 2.25. The summed E-state index contributed by atoms with van der Waals surface area (Å²) in [7, 11) is 1.62. The van der Waals surface area contributed by atoms with Gasteiger partial charge in [-0.15, -0.1) is 0 Å². The predicted molar refractivity (Wildman–Crippen MR) is 70.1 cm³/mol. The van der Waals surface area contributed by atoms with Crippen LogP contribution in [0.3, 0.4) is 0 Å². The van der Waals surface area contributed by atoms with E-state index >= 15 is 0 Å². The van der Waals surface area contributed by atoms with E-state index in [1.165, 1.54) is 0 Å². The number of ether oxygens (including phenoxy) is 2. The Labute approximate surface area is 107 Å². The fourth-order valence-corrected chi connectivity index (χ4v) is 2.25. The van der Waals surface area contributed by atoms with Crippen molar-refractivity contribution in [3.05, 3.63) is 24.3 Å². The normalized spacial score (nSPS) is 19.2. The Morgan fingerprint density at radius 1 is 1.50 bits per heavy atom. The number of cyclic esters (lactones) is 1. The molecule has 1 aliphatic heterocycles. The van der Waals surface area contributed by atoms with E-state index in [2.05, 4.69) is 13.8 Å². The Kier molecular flexibility index (Phi) is 3.75. The van der Waals surface area contributed by atoms with Crippen LogP contribution in [0.2, 0.25) is 0 Å². The second-order valence-corrected chi connectivity index (χ2v) is 4.93. The topological polar surface area (TPSA) is 38.8 Å². The number of anilines is 1. The SMILES string of the molecule is COc1cccc(N2C(=O)OCC2CC(C)C)c1. The number of amides is 1. The summed E-state index contributed by atoms with van der Waals surface area (Å²) in [6.07, 6.45) is 0.664. The zero-order chi connectivity index (χ0) is 13.1. The van der Waals surface area contributed by atoms with E-state index in [0.717, 1.165) is 17.9 Å². The summed E-state index contributed by atoms with van der Waals surface area (Å²) in [6, 6.07) is 7.63. The molecule has 18 heavy (non-hydrogen) atoms. The third-order valence-electron chi connectivity index (χ3n) is 3.04. The summed E-state index contributed by atoms with van der Waals surface area (Å²) < 4.78 is 10.3. The highest BCUT2D eigenvalue weighted by Crippen LogP contribution is 2.29. The number of hydrogen-bond donors (Lipinski definition) is 0. The molecule has 4 nitrogen and oxygen atoms in total. The lowest BCUT2D eigenvalue weighted by Crippen LogP contribution is -2.34. The number of rotatable bonds is 4. The van der Waals surface area contributed by atoms with E-state index < -0.39 is 0 Å². The average Bonchev–Trinajstić information content (AvgIpc) is 2.70. The van der Waals surface area contributed by atoms with E-state index in [-0.39, 0.29) is 12.1 Å². The Morgan fingerprint density at radius 2 is 2.28 bits per heavy atom. The van der Waals surface area contributed by atoms with Crippen LogP contribution < -0.4 is 9.64 Å². The zero-order valence-electron chi connectivity index (χ0n) is 11.1. The van der Waals surface area contributed by atoms with E-state index in [1.54, 1.807) is 12.0 Å². The Balaban J connectivity index is 2.24. The minimum atomic E-state index is -0.270. The molecule has 1 aromatic rings. The fraction of sp³-hybridized carbons (Fsp3) is 0.500. The van der Waals surface area contributed by atoms with Crippen LogP contribution in [0, 0.1) is 5.92 Å². The molecule has 1 unspecified atom stereocenters. The molecule has 4 heteroatoms. The summed E-state index contributed by atoms with van der Waals surface area (Å²) in [5.74, 6) is 1.27. The van der Waals surface area contributed by atoms with E-state index in [0.29, 0.717) is 12.5 Å². The highest BCUT2D eigenvalue weighted by Gasteiger charge is 2.34. The molecule has 0 aromatic heterocycles. The Hall–Kier alpha value is -1.71. The first-order valence-electron chi connectivity index (χ1n) is 6.22. The van der Waals surface area contributed by atoms with Crippen LogP contribution in [0.5, 0.6) is 5.75 Å². The molecule has 2 rings (SSSR count). The van der Waals surface area contributed by atoms with Gasteiger partial charge in [0.05, 0.1) is 18.8 Å². The largest absolute Gasteiger partial charge is 0.497 e. The minimum Gasteiger partial charge on any atom is -0.497 e. The molecule has 0 N–H and O–H groups in total. The van der Waals surface area contributed by atoms with Crippen LogP contribution in [0.15, 0.2) is 24.3 Å². The first-order valence-corrected chi connectivity index (χ1v) is 6.22. The maximum Gasteiger partial charge on any atom is 0.414 e. The molecule has 0 saturated carbocycles. The molecule has 1 atom stereocenters. The minimum absolute atomic E-state index is 0.115. The molecule has 1 aromatic carbocycles. The van der Waals surface area contributed by atoms with Crippen molar-refractivity contribution >= 4 is 11.8 Å². The van der Waals surface area contributed by atoms with Gasteiger partial charge < -0.3 is 9.47 Å². The molecule has 98 valence electrons. The molecule has 1 saturated heterocycles. The second kappa shape index (κ2) is 5.29. The molecule has 1 fully saturated rings. The van der Waals surface area contributed by atoms with E-state index in [9.17, 15) is 4.79 Å². The van der Waals surface area contributed by atoms with Crippen molar-refractivity contribution in [2.24, 2.45) is 5.92 Å². The molecular weight excluding hydrogens is 230 g/mol. The van der Waals surface area contributed by atoms with Crippen molar-refractivity contribution in [2.75, 3.05) is 18.6 Å². The summed E-state index contributed by atoms with van der Waals surface area (Å²) in [5, 5.41) is 0. The standard InChI is InChI=1S/C14H19NO3/c1-10(2)7-12-9-18-14(16)15(12)11-5-4-6-13(8-11)17-3/h4-6,8,10,12H,7,9H2,1-3H3. The van der Waals surface area contributed by atoms with Gasteiger partial charge in [0, 0.05) is 6.07 Å². The summed E-state index contributed by atoms with van der Waals surface area (Å²) in [6.45, 7) is 4.76. The van der Waals surface area contributed by atoms with Gasteiger partial charge >= 0.3 is 6.09 Å². The molecule has 0 radical (unpaired) electrons. The molecule has 0 bridgehead atoms. The second-order valence-electron chi connectivity index (χ2n) is 4.93. The van der Waals surface area contributed by atoms with Crippen LogP contribution >= 0.6 is 0 Å². The van der Waals surface area contributed by atoms with Crippen LogP contribution in [0.4, 0.5) is 10.5 Å². The van der Waals surface area contributed by atoms with Gasteiger partial charge in [-0.1, -0.05) is 19.9 Å². The van der Waals surface area contributed by atoms with Crippen molar-refractivity contribution in [1.29, 1.82) is 0 Å². The number of carbonyl (C=O) groups is 1. The molecule has 1 aliphatic rings. The highest BCUT2D eigenvalue weighted by molar-refractivity contribution is 5.90. The maximum atomic E-state index is 11.8. The van der Waals surface area contributed by atoms with Gasteiger partial charge in [0.2, 0.25) is 0 Å². The van der Waals surface area contributed by atoms with E-state index in [1.807, 2.05) is 24.3 Å². The zero-order valence-corrected chi connectivity index (χ0v) is 11.1. The van der Waals surface area contributed by atoms with Gasteiger partial charge in [-0.2, -0.15) is 0 Å². The highest BCUT2D eigenvalue weighted by atomic mass is 16.6. The van der Waals surface area contributed by atoms with Gasteiger partial charge in [0.1, 0.15) is 12.4 Å². The average molecular weight is 249 g/mol. The predicted octanol–water partition coefficient (Wildman–Crippen LogP) is 3.07. The van der Waals surface area contributed by atoms with Gasteiger partial charge in [-0.3, -0.25) is 4.90 Å². The molecule has 1 amide bonds. The van der Waals surface area contributed by atoms with Gasteiger partial charge in [0.15, 0.2) is 0 Å². The Morgan fingerprint density at radius 3 is 2.94 bits per heavy atom. The van der Waals surface area contributed by atoms with E-state index in [4.69, 9.17) is 9.47 Å². The molecular formula is C14H19NO3. The smallest absolute Gasteiger partial charge is 0.414 e. The quantitative estimate of drug-likeness (QED) is 0.823. The lowest BCUT2D eigenvalue weighted by molar-refractivity contribution is 0.178. The molecule has 0 spiro atoms. The van der Waals surface area contributed by atoms with Crippen molar-refractivity contribution in [3.8, 4) is 5.75 Å². The first kappa shape index (κ1) is 12.7. The number of hydrogen-bond acceptors (Lipinski definition) is 3. The monoisotopic (exact) mass is 249 g/mol. The van der Waals surface area contributed by atoms with Gasteiger partial charge in [-0.05, 0) is 24.5 Å². The lowest BCUT2D eigenvalue weighted by atomic mass is 10.0. The van der Waals surface area contributed by atoms with Crippen molar-refractivity contribution in [1.82, 2.24) is 0 Å². The number of nitrogens with zero attached hydrogens (tertiary/aromatic N) is 1. The van der Waals surface area contributed by atoms with Crippen molar-refractivity contribution in [3.63, 3.8) is 0 Å². The number of benzene rings is 1. The maximum absolute atomic E-state index is 11.8. The third-order valence-corrected chi connectivity index (χ3v) is 3.04. The van der Waals surface area contributed by atoms with Crippen LogP contribution in [-0.2, 0) is 4.74 Å². The van der Waals surface area contributed by atoms with Gasteiger partial charge in [0.25, 0.3) is 0 Å². The van der Waals surface area contributed by atoms with Crippen molar-refractivity contribution in [2.45, 2.75) is 26.3 Å².